The van der Waals surface area contributed by atoms with Gasteiger partial charge < -0.3 is 10.2 Å². The van der Waals surface area contributed by atoms with Crippen LogP contribution in [0.4, 0.5) is 0 Å². The molecule has 0 spiro atoms. The van der Waals surface area contributed by atoms with E-state index in [1.54, 1.807) is 11.8 Å². The fourth-order valence-corrected chi connectivity index (χ4v) is 3.68. The van der Waals surface area contributed by atoms with Crippen LogP contribution in [0, 0.1) is 6.92 Å². The van der Waals surface area contributed by atoms with Gasteiger partial charge in [-0.15, -0.1) is 11.8 Å². The van der Waals surface area contributed by atoms with Gasteiger partial charge in [-0.3, -0.25) is 9.59 Å². The number of carbonyl (C=O) groups excluding carboxylic acids is 2. The van der Waals surface area contributed by atoms with Crippen LogP contribution in [0.25, 0.3) is 0 Å². The van der Waals surface area contributed by atoms with Crippen molar-refractivity contribution in [2.45, 2.75) is 51.1 Å². The average Bonchev–Trinajstić information content (AvgIpc) is 2.72. The molecule has 4 nitrogen and oxygen atoms in total. The monoisotopic (exact) mass is 432 g/mol. The maximum atomic E-state index is 13.0. The molecular formula is C23H29ClN2O2S. The molecule has 0 bridgehead atoms. The van der Waals surface area contributed by atoms with Crippen LogP contribution < -0.4 is 5.32 Å². The van der Waals surface area contributed by atoms with Crippen LogP contribution in [0.1, 0.15) is 37.8 Å². The molecule has 1 atom stereocenters. The van der Waals surface area contributed by atoms with Crippen LogP contribution >= 0.6 is 23.4 Å². The van der Waals surface area contributed by atoms with Crippen molar-refractivity contribution < 1.29 is 9.59 Å². The quantitative estimate of drug-likeness (QED) is 0.421. The maximum absolute atomic E-state index is 13.0. The molecule has 0 radical (unpaired) electrons. The third kappa shape index (κ3) is 7.75. The summed E-state index contributed by atoms with van der Waals surface area (Å²) in [7, 11) is 0. The minimum absolute atomic E-state index is 0.0660. The molecule has 2 amide bonds. The highest BCUT2D eigenvalue weighted by Crippen LogP contribution is 2.22. The Morgan fingerprint density at radius 2 is 1.76 bits per heavy atom. The number of hydrogen-bond donors (Lipinski definition) is 1. The largest absolute Gasteiger partial charge is 0.354 e. The standard InChI is InChI=1S/C23H29ClN2O2S/c1-4-5-14-25-23(28)18(3)26(15-19-8-6-17(2)7-9-19)22(27)16-29-21-12-10-20(24)11-13-21/h6-13,18H,4-5,14-16H2,1-3H3,(H,25,28). The van der Waals surface area contributed by atoms with Gasteiger partial charge in [0.15, 0.2) is 0 Å². The Morgan fingerprint density at radius 1 is 1.10 bits per heavy atom. The van der Waals surface area contributed by atoms with E-state index in [1.807, 2.05) is 55.5 Å². The number of carbonyl (C=O) groups is 2. The second-order valence-corrected chi connectivity index (χ2v) is 8.56. The summed E-state index contributed by atoms with van der Waals surface area (Å²) in [5, 5.41) is 3.61. The van der Waals surface area contributed by atoms with E-state index < -0.39 is 6.04 Å². The molecule has 0 fully saturated rings. The van der Waals surface area contributed by atoms with E-state index in [-0.39, 0.29) is 17.6 Å². The summed E-state index contributed by atoms with van der Waals surface area (Å²) in [6.07, 6.45) is 1.94. The van der Waals surface area contributed by atoms with Crippen LogP contribution in [-0.2, 0) is 16.1 Å². The summed E-state index contributed by atoms with van der Waals surface area (Å²) in [5.74, 6) is 0.0825. The lowest BCUT2D eigenvalue weighted by atomic mass is 10.1. The first-order valence-electron chi connectivity index (χ1n) is 9.91. The van der Waals surface area contributed by atoms with Gasteiger partial charge in [-0.2, -0.15) is 0 Å². The van der Waals surface area contributed by atoms with Crippen molar-refractivity contribution in [2.75, 3.05) is 12.3 Å². The molecule has 2 aromatic carbocycles. The first kappa shape index (κ1) is 23.3. The van der Waals surface area contributed by atoms with Gasteiger partial charge in [0.05, 0.1) is 5.75 Å². The number of hydrogen-bond acceptors (Lipinski definition) is 3. The lowest BCUT2D eigenvalue weighted by Crippen LogP contribution is -2.48. The average molecular weight is 433 g/mol. The van der Waals surface area contributed by atoms with E-state index in [0.29, 0.717) is 18.1 Å². The van der Waals surface area contributed by atoms with Gasteiger partial charge in [0.1, 0.15) is 6.04 Å². The Morgan fingerprint density at radius 3 is 2.38 bits per heavy atom. The molecule has 2 rings (SSSR count). The Labute approximate surface area is 183 Å². The summed E-state index contributed by atoms with van der Waals surface area (Å²) < 4.78 is 0. The number of rotatable bonds is 10. The maximum Gasteiger partial charge on any atom is 0.242 e. The van der Waals surface area contributed by atoms with E-state index >= 15 is 0 Å². The zero-order valence-electron chi connectivity index (χ0n) is 17.3. The number of halogens is 1. The molecule has 1 N–H and O–H groups in total. The van der Waals surface area contributed by atoms with Gasteiger partial charge in [-0.05, 0) is 50.1 Å². The number of nitrogens with one attached hydrogen (secondary N) is 1. The molecular weight excluding hydrogens is 404 g/mol. The molecule has 0 saturated heterocycles. The molecule has 0 aromatic heterocycles. The molecule has 0 aliphatic rings. The predicted octanol–water partition coefficient (Wildman–Crippen LogP) is 5.07. The molecule has 29 heavy (non-hydrogen) atoms. The van der Waals surface area contributed by atoms with Gasteiger partial charge in [-0.1, -0.05) is 54.8 Å². The van der Waals surface area contributed by atoms with E-state index in [1.165, 1.54) is 11.8 Å². The highest BCUT2D eigenvalue weighted by Gasteiger charge is 2.25. The van der Waals surface area contributed by atoms with E-state index in [9.17, 15) is 9.59 Å². The molecule has 0 aliphatic carbocycles. The molecule has 2 aromatic rings. The molecule has 1 unspecified atom stereocenters. The molecule has 0 heterocycles. The van der Waals surface area contributed by atoms with E-state index in [4.69, 9.17) is 11.6 Å². The van der Waals surface area contributed by atoms with Gasteiger partial charge >= 0.3 is 0 Å². The highest BCUT2D eigenvalue weighted by molar-refractivity contribution is 8.00. The molecule has 0 saturated carbocycles. The number of thioether (sulfide) groups is 1. The highest BCUT2D eigenvalue weighted by atomic mass is 35.5. The first-order valence-corrected chi connectivity index (χ1v) is 11.3. The smallest absolute Gasteiger partial charge is 0.242 e. The Kier molecular flexibility index (Phi) is 9.55. The summed E-state index contributed by atoms with van der Waals surface area (Å²) >= 11 is 7.37. The Balaban J connectivity index is 2.08. The number of aryl methyl sites for hydroxylation is 1. The first-order chi connectivity index (χ1) is 13.9. The zero-order valence-corrected chi connectivity index (χ0v) is 18.9. The predicted molar refractivity (Wildman–Crippen MR) is 121 cm³/mol. The minimum Gasteiger partial charge on any atom is -0.354 e. The Hall–Kier alpha value is -1.98. The van der Waals surface area contributed by atoms with E-state index in [0.717, 1.165) is 28.9 Å². The SMILES string of the molecule is CCCCNC(=O)C(C)N(Cc1ccc(C)cc1)C(=O)CSc1ccc(Cl)cc1. The van der Waals surface area contributed by atoms with Crippen molar-refractivity contribution in [3.05, 3.63) is 64.7 Å². The fourth-order valence-electron chi connectivity index (χ4n) is 2.77. The third-order valence-corrected chi connectivity index (χ3v) is 5.90. The second kappa shape index (κ2) is 11.9. The lowest BCUT2D eigenvalue weighted by Gasteiger charge is -2.29. The van der Waals surface area contributed by atoms with Gasteiger partial charge in [0, 0.05) is 23.0 Å². The summed E-state index contributed by atoms with van der Waals surface area (Å²) in [4.78, 5) is 28.3. The number of benzene rings is 2. The van der Waals surface area contributed by atoms with Gasteiger partial charge in [-0.25, -0.2) is 0 Å². The van der Waals surface area contributed by atoms with Crippen molar-refractivity contribution in [3.63, 3.8) is 0 Å². The molecule has 6 heteroatoms. The van der Waals surface area contributed by atoms with Crippen molar-refractivity contribution in [3.8, 4) is 0 Å². The van der Waals surface area contributed by atoms with Crippen LogP contribution in [0.15, 0.2) is 53.4 Å². The Bertz CT molecular complexity index is 794. The summed E-state index contributed by atoms with van der Waals surface area (Å²) in [6.45, 7) is 6.94. The minimum atomic E-state index is -0.536. The van der Waals surface area contributed by atoms with Crippen molar-refractivity contribution in [2.24, 2.45) is 0 Å². The number of amides is 2. The van der Waals surface area contributed by atoms with Crippen molar-refractivity contribution in [1.82, 2.24) is 10.2 Å². The topological polar surface area (TPSA) is 49.4 Å². The summed E-state index contributed by atoms with van der Waals surface area (Å²) in [6, 6.07) is 14.9. The zero-order chi connectivity index (χ0) is 21.2. The lowest BCUT2D eigenvalue weighted by molar-refractivity contribution is -0.138. The van der Waals surface area contributed by atoms with Crippen molar-refractivity contribution in [1.29, 1.82) is 0 Å². The van der Waals surface area contributed by atoms with Crippen LogP contribution in [0.2, 0.25) is 5.02 Å². The van der Waals surface area contributed by atoms with Crippen LogP contribution in [0.5, 0.6) is 0 Å². The van der Waals surface area contributed by atoms with Crippen LogP contribution in [0.3, 0.4) is 0 Å². The molecule has 0 aliphatic heterocycles. The normalized spacial score (nSPS) is 11.7. The molecule has 156 valence electrons. The number of nitrogens with zero attached hydrogens (tertiary/aromatic N) is 1. The van der Waals surface area contributed by atoms with Crippen molar-refractivity contribution >= 4 is 35.2 Å². The van der Waals surface area contributed by atoms with Gasteiger partial charge in [0.2, 0.25) is 11.8 Å². The summed E-state index contributed by atoms with van der Waals surface area (Å²) in [5.41, 5.74) is 2.17. The number of unbranched alkanes of at least 4 members (excludes halogenated alkanes) is 1. The third-order valence-electron chi connectivity index (χ3n) is 4.65. The fraction of sp³-hybridized carbons (Fsp3) is 0.391. The second-order valence-electron chi connectivity index (χ2n) is 7.07. The van der Waals surface area contributed by atoms with E-state index in [2.05, 4.69) is 12.2 Å². The van der Waals surface area contributed by atoms with Gasteiger partial charge in [0.25, 0.3) is 0 Å². The van der Waals surface area contributed by atoms with Crippen LogP contribution in [-0.4, -0.2) is 35.1 Å².